The van der Waals surface area contributed by atoms with Gasteiger partial charge in [-0.05, 0) is 25.5 Å². The Bertz CT molecular complexity index is 190. The SMILES string of the molecule is CC.CNC1=CCNC(C)=C1C. The fourth-order valence-electron chi connectivity index (χ4n) is 1.08. The molecular weight excluding hydrogens is 148 g/mol. The van der Waals surface area contributed by atoms with Crippen LogP contribution in [0.5, 0.6) is 0 Å². The largest absolute Gasteiger partial charge is 0.388 e. The summed E-state index contributed by atoms with van der Waals surface area (Å²) < 4.78 is 0. The molecule has 0 aliphatic carbocycles. The van der Waals surface area contributed by atoms with Crippen LogP contribution in [0.25, 0.3) is 0 Å². The molecule has 2 nitrogen and oxygen atoms in total. The van der Waals surface area contributed by atoms with Crippen LogP contribution in [0.2, 0.25) is 0 Å². The van der Waals surface area contributed by atoms with Crippen LogP contribution in [0, 0.1) is 0 Å². The minimum atomic E-state index is 0.944. The predicted octanol–water partition coefficient (Wildman–Crippen LogP) is 2.01. The molecule has 0 aromatic rings. The van der Waals surface area contributed by atoms with Gasteiger partial charge in [0, 0.05) is 25.0 Å². The third-order valence-corrected chi connectivity index (χ3v) is 1.91. The van der Waals surface area contributed by atoms with Gasteiger partial charge in [0.1, 0.15) is 0 Å². The van der Waals surface area contributed by atoms with E-state index >= 15 is 0 Å². The lowest BCUT2D eigenvalue weighted by Gasteiger charge is -2.17. The van der Waals surface area contributed by atoms with Gasteiger partial charge in [0.05, 0.1) is 0 Å². The van der Waals surface area contributed by atoms with Crippen molar-refractivity contribution in [3.63, 3.8) is 0 Å². The number of allylic oxidation sites excluding steroid dienone is 2. The first kappa shape index (κ1) is 11.1. The molecule has 0 unspecified atom stereocenters. The average molecular weight is 168 g/mol. The monoisotopic (exact) mass is 168 g/mol. The minimum absolute atomic E-state index is 0.944. The molecule has 0 spiro atoms. The zero-order chi connectivity index (χ0) is 9.56. The zero-order valence-electron chi connectivity index (χ0n) is 8.78. The van der Waals surface area contributed by atoms with Crippen LogP contribution in [0.1, 0.15) is 27.7 Å². The third kappa shape index (κ3) is 2.61. The minimum Gasteiger partial charge on any atom is -0.388 e. The number of nitrogens with one attached hydrogen (secondary N) is 2. The van der Waals surface area contributed by atoms with Crippen LogP contribution in [-0.2, 0) is 0 Å². The molecule has 0 aromatic heterocycles. The second-order valence-corrected chi connectivity index (χ2v) is 2.50. The zero-order valence-corrected chi connectivity index (χ0v) is 8.78. The molecule has 1 heterocycles. The van der Waals surface area contributed by atoms with Crippen molar-refractivity contribution in [1.29, 1.82) is 0 Å². The summed E-state index contributed by atoms with van der Waals surface area (Å²) in [5.74, 6) is 0. The lowest BCUT2D eigenvalue weighted by atomic mass is 10.1. The van der Waals surface area contributed by atoms with Gasteiger partial charge in [-0.25, -0.2) is 0 Å². The first-order valence-corrected chi connectivity index (χ1v) is 4.55. The van der Waals surface area contributed by atoms with Crippen LogP contribution in [0.4, 0.5) is 0 Å². The quantitative estimate of drug-likeness (QED) is 0.626. The maximum atomic E-state index is 3.26. The fraction of sp³-hybridized carbons (Fsp3) is 0.600. The summed E-state index contributed by atoms with van der Waals surface area (Å²) in [6.07, 6.45) is 2.16. The number of hydrogen-bond donors (Lipinski definition) is 2. The molecule has 0 saturated carbocycles. The maximum absolute atomic E-state index is 3.26. The van der Waals surface area contributed by atoms with E-state index in [1.165, 1.54) is 17.0 Å². The van der Waals surface area contributed by atoms with Crippen LogP contribution in [0.3, 0.4) is 0 Å². The first-order valence-electron chi connectivity index (χ1n) is 4.55. The van der Waals surface area contributed by atoms with Crippen LogP contribution in [-0.4, -0.2) is 13.6 Å². The number of dihydropyridines is 1. The Morgan fingerprint density at radius 3 is 2.33 bits per heavy atom. The molecule has 0 bridgehead atoms. The van der Waals surface area contributed by atoms with E-state index in [-0.39, 0.29) is 0 Å². The third-order valence-electron chi connectivity index (χ3n) is 1.91. The Morgan fingerprint density at radius 2 is 1.92 bits per heavy atom. The Morgan fingerprint density at radius 1 is 1.33 bits per heavy atom. The highest BCUT2D eigenvalue weighted by Gasteiger charge is 2.05. The summed E-state index contributed by atoms with van der Waals surface area (Å²) in [7, 11) is 1.95. The predicted molar refractivity (Wildman–Crippen MR) is 54.9 cm³/mol. The Hall–Kier alpha value is -0.920. The van der Waals surface area contributed by atoms with Gasteiger partial charge in [0.25, 0.3) is 0 Å². The highest BCUT2D eigenvalue weighted by molar-refractivity contribution is 5.34. The van der Waals surface area contributed by atoms with Gasteiger partial charge >= 0.3 is 0 Å². The molecule has 0 fully saturated rings. The number of likely N-dealkylation sites (N-methyl/N-ethyl adjacent to an activating group) is 1. The smallest absolute Gasteiger partial charge is 0.0361 e. The second kappa shape index (κ2) is 5.70. The van der Waals surface area contributed by atoms with E-state index in [4.69, 9.17) is 0 Å². The van der Waals surface area contributed by atoms with Gasteiger partial charge in [-0.1, -0.05) is 13.8 Å². The summed E-state index contributed by atoms with van der Waals surface area (Å²) in [5.41, 5.74) is 3.83. The summed E-state index contributed by atoms with van der Waals surface area (Å²) >= 11 is 0. The molecule has 0 saturated heterocycles. The van der Waals surface area contributed by atoms with Gasteiger partial charge < -0.3 is 10.6 Å². The molecule has 2 heteroatoms. The molecule has 1 aliphatic heterocycles. The molecule has 70 valence electrons. The van der Waals surface area contributed by atoms with E-state index in [2.05, 4.69) is 30.6 Å². The van der Waals surface area contributed by atoms with E-state index in [0.29, 0.717) is 0 Å². The molecule has 0 aromatic carbocycles. The van der Waals surface area contributed by atoms with Gasteiger partial charge in [-0.15, -0.1) is 0 Å². The molecule has 1 rings (SSSR count). The lowest BCUT2D eigenvalue weighted by molar-refractivity contribution is 0.824. The summed E-state index contributed by atoms with van der Waals surface area (Å²) in [4.78, 5) is 0. The second-order valence-electron chi connectivity index (χ2n) is 2.50. The Labute approximate surface area is 75.7 Å². The maximum Gasteiger partial charge on any atom is 0.0361 e. The average Bonchev–Trinajstić information content (AvgIpc) is 2.13. The molecule has 1 aliphatic rings. The number of rotatable bonds is 1. The Kier molecular flexibility index (Phi) is 5.26. The van der Waals surface area contributed by atoms with Crippen molar-refractivity contribution in [2.75, 3.05) is 13.6 Å². The van der Waals surface area contributed by atoms with E-state index in [9.17, 15) is 0 Å². The Balaban J connectivity index is 0.000000561. The molecular formula is C10H20N2. The van der Waals surface area contributed by atoms with Crippen molar-refractivity contribution in [3.8, 4) is 0 Å². The standard InChI is InChI=1S/C8H14N2.C2H6/c1-6-7(2)10-5-4-8(6)9-3;1-2/h4,9-10H,5H2,1-3H3;1-2H3. The lowest BCUT2D eigenvalue weighted by Crippen LogP contribution is -2.22. The van der Waals surface area contributed by atoms with Gasteiger partial charge in [0.2, 0.25) is 0 Å². The summed E-state index contributed by atoms with van der Waals surface area (Å²) in [5, 5.41) is 6.41. The normalized spacial score (nSPS) is 15.6. The summed E-state index contributed by atoms with van der Waals surface area (Å²) in [6.45, 7) is 9.16. The molecule has 12 heavy (non-hydrogen) atoms. The van der Waals surface area contributed by atoms with Crippen molar-refractivity contribution in [3.05, 3.63) is 23.0 Å². The summed E-state index contributed by atoms with van der Waals surface area (Å²) in [6, 6.07) is 0. The molecule has 0 atom stereocenters. The molecule has 0 amide bonds. The van der Waals surface area contributed by atoms with E-state index < -0.39 is 0 Å². The van der Waals surface area contributed by atoms with Crippen molar-refractivity contribution >= 4 is 0 Å². The highest BCUT2D eigenvalue weighted by atomic mass is 14.9. The van der Waals surface area contributed by atoms with Crippen molar-refractivity contribution in [1.82, 2.24) is 10.6 Å². The van der Waals surface area contributed by atoms with Crippen LogP contribution < -0.4 is 10.6 Å². The van der Waals surface area contributed by atoms with Crippen molar-refractivity contribution in [2.24, 2.45) is 0 Å². The van der Waals surface area contributed by atoms with Gasteiger partial charge in [-0.2, -0.15) is 0 Å². The molecule has 0 radical (unpaired) electrons. The van der Waals surface area contributed by atoms with Gasteiger partial charge in [-0.3, -0.25) is 0 Å². The van der Waals surface area contributed by atoms with E-state index in [1.54, 1.807) is 0 Å². The first-order chi connectivity index (χ1) is 5.75. The van der Waals surface area contributed by atoms with Crippen LogP contribution in [0.15, 0.2) is 23.0 Å². The van der Waals surface area contributed by atoms with Crippen LogP contribution >= 0.6 is 0 Å². The van der Waals surface area contributed by atoms with Gasteiger partial charge in [0.15, 0.2) is 0 Å². The van der Waals surface area contributed by atoms with E-state index in [1.807, 2.05) is 20.9 Å². The van der Waals surface area contributed by atoms with Crippen molar-refractivity contribution < 1.29 is 0 Å². The molecule has 2 N–H and O–H groups in total. The highest BCUT2D eigenvalue weighted by Crippen LogP contribution is 2.12. The van der Waals surface area contributed by atoms with Crippen molar-refractivity contribution in [2.45, 2.75) is 27.7 Å². The number of hydrogen-bond acceptors (Lipinski definition) is 2. The van der Waals surface area contributed by atoms with E-state index in [0.717, 1.165) is 6.54 Å². The topological polar surface area (TPSA) is 24.1 Å². The fourth-order valence-corrected chi connectivity index (χ4v) is 1.08.